The van der Waals surface area contributed by atoms with E-state index in [1.165, 1.54) is 11.8 Å². The average molecular weight is 287 g/mol. The number of para-hydroxylation sites is 1. The molecule has 1 amide bonds. The van der Waals surface area contributed by atoms with Crippen molar-refractivity contribution >= 4 is 23.4 Å². The molecule has 2 rings (SSSR count). The van der Waals surface area contributed by atoms with Gasteiger partial charge in [-0.15, -0.1) is 11.8 Å². The van der Waals surface area contributed by atoms with Crippen LogP contribution in [0.3, 0.4) is 0 Å². The topological polar surface area (TPSA) is 38.3 Å². The average Bonchev–Trinajstić information content (AvgIpc) is 2.49. The van der Waals surface area contributed by atoms with Gasteiger partial charge in [-0.1, -0.05) is 18.2 Å². The van der Waals surface area contributed by atoms with Gasteiger partial charge in [-0.05, 0) is 43.3 Å². The van der Waals surface area contributed by atoms with Crippen LogP contribution in [0.5, 0.6) is 5.75 Å². The van der Waals surface area contributed by atoms with Crippen molar-refractivity contribution in [2.75, 3.05) is 12.4 Å². The quantitative estimate of drug-likeness (QED) is 0.850. The number of rotatable bonds is 5. The Labute approximate surface area is 123 Å². The Kier molecular flexibility index (Phi) is 5.07. The van der Waals surface area contributed by atoms with Crippen LogP contribution in [-0.4, -0.2) is 18.3 Å². The highest BCUT2D eigenvalue weighted by Crippen LogP contribution is 2.26. The van der Waals surface area contributed by atoms with Gasteiger partial charge >= 0.3 is 0 Å². The van der Waals surface area contributed by atoms with Crippen molar-refractivity contribution in [2.45, 2.75) is 17.1 Å². The van der Waals surface area contributed by atoms with E-state index in [0.29, 0.717) is 0 Å². The second-order valence-corrected chi connectivity index (χ2v) is 5.71. The summed E-state index contributed by atoms with van der Waals surface area (Å²) in [5.74, 6) is 0.813. The van der Waals surface area contributed by atoms with Crippen LogP contribution < -0.4 is 10.1 Å². The maximum absolute atomic E-state index is 12.1. The Balaban J connectivity index is 1.93. The first-order valence-corrected chi connectivity index (χ1v) is 7.23. The normalized spacial score (nSPS) is 11.7. The molecule has 0 bridgehead atoms. The van der Waals surface area contributed by atoms with Gasteiger partial charge in [0.05, 0.1) is 12.4 Å². The molecular weight excluding hydrogens is 270 g/mol. The largest absolute Gasteiger partial charge is 0.497 e. The molecule has 0 saturated carbocycles. The van der Waals surface area contributed by atoms with Gasteiger partial charge < -0.3 is 10.1 Å². The highest BCUT2D eigenvalue weighted by Gasteiger charge is 2.14. The highest BCUT2D eigenvalue weighted by molar-refractivity contribution is 8.00. The lowest BCUT2D eigenvalue weighted by Crippen LogP contribution is -2.22. The SMILES string of the molecule is COc1ccc(S[C@@H](C)C(=O)Nc2ccccc2)cc1. The third-order valence-corrected chi connectivity index (χ3v) is 3.89. The Morgan fingerprint density at radius 3 is 2.35 bits per heavy atom. The number of benzene rings is 2. The summed E-state index contributed by atoms with van der Waals surface area (Å²) in [5.41, 5.74) is 0.819. The van der Waals surface area contributed by atoms with Gasteiger partial charge in [0.25, 0.3) is 0 Å². The lowest BCUT2D eigenvalue weighted by Gasteiger charge is -2.12. The van der Waals surface area contributed by atoms with Gasteiger partial charge in [0.15, 0.2) is 0 Å². The zero-order valence-corrected chi connectivity index (χ0v) is 12.3. The molecule has 104 valence electrons. The summed E-state index contributed by atoms with van der Waals surface area (Å²) in [6, 6.07) is 17.2. The van der Waals surface area contributed by atoms with E-state index in [-0.39, 0.29) is 11.2 Å². The molecule has 0 aromatic heterocycles. The summed E-state index contributed by atoms with van der Waals surface area (Å²) < 4.78 is 5.11. The lowest BCUT2D eigenvalue weighted by atomic mass is 10.3. The van der Waals surface area contributed by atoms with Crippen LogP contribution in [-0.2, 0) is 4.79 Å². The molecule has 0 aliphatic rings. The fourth-order valence-corrected chi connectivity index (χ4v) is 2.54. The minimum atomic E-state index is -0.163. The molecule has 0 aliphatic carbocycles. The number of ether oxygens (including phenoxy) is 1. The molecule has 1 N–H and O–H groups in total. The minimum absolute atomic E-state index is 0.00276. The smallest absolute Gasteiger partial charge is 0.237 e. The molecule has 0 aliphatic heterocycles. The van der Waals surface area contributed by atoms with E-state index in [1.807, 2.05) is 61.5 Å². The van der Waals surface area contributed by atoms with E-state index in [2.05, 4.69) is 5.32 Å². The van der Waals surface area contributed by atoms with Gasteiger partial charge in [-0.25, -0.2) is 0 Å². The Hall–Kier alpha value is -1.94. The Bertz CT molecular complexity index is 554. The van der Waals surface area contributed by atoms with E-state index in [1.54, 1.807) is 7.11 Å². The van der Waals surface area contributed by atoms with Crippen molar-refractivity contribution in [1.29, 1.82) is 0 Å². The fourth-order valence-electron chi connectivity index (χ4n) is 1.68. The maximum atomic E-state index is 12.1. The van der Waals surface area contributed by atoms with Crippen LogP contribution in [0.25, 0.3) is 0 Å². The van der Waals surface area contributed by atoms with Crippen LogP contribution in [0.2, 0.25) is 0 Å². The molecule has 4 heteroatoms. The molecule has 0 fully saturated rings. The van der Waals surface area contributed by atoms with E-state index in [0.717, 1.165) is 16.3 Å². The monoisotopic (exact) mass is 287 g/mol. The van der Waals surface area contributed by atoms with E-state index in [4.69, 9.17) is 4.74 Å². The van der Waals surface area contributed by atoms with Crippen LogP contribution in [0, 0.1) is 0 Å². The van der Waals surface area contributed by atoms with Crippen LogP contribution >= 0.6 is 11.8 Å². The van der Waals surface area contributed by atoms with E-state index < -0.39 is 0 Å². The number of hydrogen-bond acceptors (Lipinski definition) is 3. The third-order valence-electron chi connectivity index (χ3n) is 2.78. The van der Waals surface area contributed by atoms with E-state index in [9.17, 15) is 4.79 Å². The molecule has 2 aromatic carbocycles. The summed E-state index contributed by atoms with van der Waals surface area (Å²) >= 11 is 1.52. The van der Waals surface area contributed by atoms with Gasteiger partial charge in [0.2, 0.25) is 5.91 Å². The van der Waals surface area contributed by atoms with Crippen molar-refractivity contribution in [3.8, 4) is 5.75 Å². The summed E-state index contributed by atoms with van der Waals surface area (Å²) in [6.45, 7) is 1.90. The van der Waals surface area contributed by atoms with Crippen LogP contribution in [0.1, 0.15) is 6.92 Å². The summed E-state index contributed by atoms with van der Waals surface area (Å²) in [4.78, 5) is 13.1. The second kappa shape index (κ2) is 7.01. The standard InChI is InChI=1S/C16H17NO2S/c1-12(16(18)17-13-6-4-3-5-7-13)20-15-10-8-14(19-2)9-11-15/h3-12H,1-2H3,(H,17,18)/t12-/m0/s1. The molecular formula is C16H17NO2S. The predicted molar refractivity (Wildman–Crippen MR) is 83.4 cm³/mol. The molecule has 1 atom stereocenters. The van der Waals surface area contributed by atoms with Crippen molar-refractivity contribution in [2.24, 2.45) is 0 Å². The molecule has 3 nitrogen and oxygen atoms in total. The number of methoxy groups -OCH3 is 1. The molecule has 0 spiro atoms. The van der Waals surface area contributed by atoms with Gasteiger partial charge in [-0.2, -0.15) is 0 Å². The number of anilines is 1. The zero-order chi connectivity index (χ0) is 14.4. The minimum Gasteiger partial charge on any atom is -0.497 e. The Morgan fingerprint density at radius 2 is 1.75 bits per heavy atom. The molecule has 0 unspecified atom stereocenters. The zero-order valence-electron chi connectivity index (χ0n) is 11.5. The van der Waals surface area contributed by atoms with Crippen molar-refractivity contribution in [3.63, 3.8) is 0 Å². The molecule has 0 heterocycles. The second-order valence-electron chi connectivity index (χ2n) is 4.29. The van der Waals surface area contributed by atoms with Gasteiger partial charge in [-0.3, -0.25) is 4.79 Å². The van der Waals surface area contributed by atoms with Gasteiger partial charge in [0.1, 0.15) is 5.75 Å². The number of nitrogens with one attached hydrogen (secondary N) is 1. The first-order valence-electron chi connectivity index (χ1n) is 6.35. The Morgan fingerprint density at radius 1 is 1.10 bits per heavy atom. The highest BCUT2D eigenvalue weighted by atomic mass is 32.2. The number of thioether (sulfide) groups is 1. The molecule has 2 aromatic rings. The summed E-state index contributed by atoms with van der Waals surface area (Å²) in [5, 5.41) is 2.74. The number of carbonyl (C=O) groups excluding carboxylic acids is 1. The fraction of sp³-hybridized carbons (Fsp3) is 0.188. The van der Waals surface area contributed by atoms with E-state index >= 15 is 0 Å². The maximum Gasteiger partial charge on any atom is 0.237 e. The summed E-state index contributed by atoms with van der Waals surface area (Å²) in [7, 11) is 1.64. The lowest BCUT2D eigenvalue weighted by molar-refractivity contribution is -0.115. The predicted octanol–water partition coefficient (Wildman–Crippen LogP) is 3.81. The van der Waals surface area contributed by atoms with Crippen LogP contribution in [0.4, 0.5) is 5.69 Å². The molecule has 0 radical (unpaired) electrons. The number of amides is 1. The first kappa shape index (κ1) is 14.5. The number of hydrogen-bond donors (Lipinski definition) is 1. The van der Waals surface area contributed by atoms with Crippen LogP contribution in [0.15, 0.2) is 59.5 Å². The van der Waals surface area contributed by atoms with Crippen molar-refractivity contribution in [3.05, 3.63) is 54.6 Å². The summed E-state index contributed by atoms with van der Waals surface area (Å²) in [6.07, 6.45) is 0. The van der Waals surface area contributed by atoms with Crippen molar-refractivity contribution < 1.29 is 9.53 Å². The first-order chi connectivity index (χ1) is 9.69. The van der Waals surface area contributed by atoms with Crippen molar-refractivity contribution in [1.82, 2.24) is 0 Å². The third kappa shape index (κ3) is 4.03. The number of carbonyl (C=O) groups is 1. The molecule has 20 heavy (non-hydrogen) atoms. The molecule has 0 saturated heterocycles. The van der Waals surface area contributed by atoms with Gasteiger partial charge in [0, 0.05) is 10.6 Å².